The number of halogens is 3. The minimum absolute atomic E-state index is 0.153. The van der Waals surface area contributed by atoms with Crippen LogP contribution < -0.4 is 4.90 Å². The van der Waals surface area contributed by atoms with Crippen molar-refractivity contribution in [3.63, 3.8) is 0 Å². The van der Waals surface area contributed by atoms with E-state index in [1.54, 1.807) is 25.2 Å². The van der Waals surface area contributed by atoms with E-state index in [0.29, 0.717) is 29.2 Å². The van der Waals surface area contributed by atoms with Crippen molar-refractivity contribution in [2.24, 2.45) is 0 Å². The average Bonchev–Trinajstić information content (AvgIpc) is 4.08. The molecule has 11 heteroatoms. The van der Waals surface area contributed by atoms with Crippen LogP contribution in [0.15, 0.2) is 121 Å². The molecule has 0 saturated heterocycles. The van der Waals surface area contributed by atoms with Gasteiger partial charge in [-0.2, -0.15) is 0 Å². The summed E-state index contributed by atoms with van der Waals surface area (Å²) in [6.45, 7) is 14.3. The van der Waals surface area contributed by atoms with Crippen LogP contribution in [-0.2, 0) is 11.1 Å². The molecule has 0 radical (unpaired) electrons. The lowest BCUT2D eigenvalue weighted by Crippen LogP contribution is -2.25. The molecule has 3 aromatic heterocycles. The van der Waals surface area contributed by atoms with Crippen molar-refractivity contribution >= 4 is 38.8 Å². The number of nitrogens with zero attached hydrogens (tertiary/aromatic N) is 5. The second kappa shape index (κ2) is 19.7. The fourth-order valence-electron chi connectivity index (χ4n) is 8.23. The van der Waals surface area contributed by atoms with Gasteiger partial charge in [0.2, 0.25) is 5.95 Å². The van der Waals surface area contributed by atoms with Crippen LogP contribution in [0.5, 0.6) is 0 Å². The standard InChI is InChI=1S/C19H16FN.C18H18FN.C16H20FN3O2S/c1-12-10-14(8-9-17(12)20)16-11-19(13-6-7-13)21-18-5-3-2-4-15(16)18;1-12(2)20-13(3)18(14-8-10-15(19)11-9-14)16-6-4-5-7-17(16)20;1-10(2)14-11(3)15(12-5-7-13(17)8-6-12)19-16(18-14)20(4)9-23(21)22/h2-5,8-11,13H,6-7H2,1H3;4-12H,1-3H3;5-8,10H,9H2,1-4H3,(H,21,22)/p-1. The first-order valence-corrected chi connectivity index (χ1v) is 22.8. The van der Waals surface area contributed by atoms with Crippen LogP contribution >= 0.6 is 0 Å². The number of hydrogen-bond acceptors (Lipinski definition) is 6. The van der Waals surface area contributed by atoms with Crippen LogP contribution in [-0.4, -0.2) is 41.2 Å². The molecule has 0 N–H and O–H groups in total. The molecule has 1 unspecified atom stereocenters. The Bertz CT molecular complexity index is 2950. The van der Waals surface area contributed by atoms with Gasteiger partial charge in [-0.25, -0.2) is 23.1 Å². The number of anilines is 1. The minimum atomic E-state index is -2.23. The molecule has 3 heterocycles. The van der Waals surface area contributed by atoms with E-state index in [1.807, 2.05) is 64.1 Å². The summed E-state index contributed by atoms with van der Waals surface area (Å²) >= 11 is -2.23. The molecule has 0 spiro atoms. The molecule has 64 heavy (non-hydrogen) atoms. The Kier molecular flexibility index (Phi) is 14.1. The lowest BCUT2D eigenvalue weighted by molar-refractivity contribution is 0.536. The largest absolute Gasteiger partial charge is 0.771 e. The molecule has 8 aromatic rings. The summed E-state index contributed by atoms with van der Waals surface area (Å²) in [7, 11) is 1.62. The van der Waals surface area contributed by atoms with Crippen molar-refractivity contribution in [3.05, 3.63) is 167 Å². The van der Waals surface area contributed by atoms with Crippen LogP contribution in [0.2, 0.25) is 0 Å². The first kappa shape index (κ1) is 45.8. The van der Waals surface area contributed by atoms with E-state index in [9.17, 15) is 21.9 Å². The molecule has 1 fully saturated rings. The van der Waals surface area contributed by atoms with Gasteiger partial charge in [-0.05, 0) is 159 Å². The molecule has 1 saturated carbocycles. The van der Waals surface area contributed by atoms with Gasteiger partial charge in [0.1, 0.15) is 17.5 Å². The number of pyridine rings is 1. The summed E-state index contributed by atoms with van der Waals surface area (Å²) in [4.78, 5) is 15.2. The third-order valence-corrected chi connectivity index (χ3v) is 12.1. The van der Waals surface area contributed by atoms with Gasteiger partial charge in [0.05, 0.1) is 22.8 Å². The third-order valence-electron chi connectivity index (χ3n) is 11.5. The second-order valence-corrected chi connectivity index (χ2v) is 17.8. The van der Waals surface area contributed by atoms with E-state index < -0.39 is 11.1 Å². The number of para-hydroxylation sites is 2. The normalized spacial score (nSPS) is 12.8. The van der Waals surface area contributed by atoms with Crippen molar-refractivity contribution in [2.45, 2.75) is 79.2 Å². The zero-order chi connectivity index (χ0) is 45.8. The molecule has 1 aliphatic rings. The zero-order valence-corrected chi connectivity index (χ0v) is 38.3. The number of fused-ring (bicyclic) bond motifs is 2. The minimum Gasteiger partial charge on any atom is -0.771 e. The summed E-state index contributed by atoms with van der Waals surface area (Å²) < 4.78 is 64.0. The van der Waals surface area contributed by atoms with E-state index in [1.165, 1.54) is 69.9 Å². The Morgan fingerprint density at radius 3 is 1.92 bits per heavy atom. The topological polar surface area (TPSA) is 87.0 Å². The highest BCUT2D eigenvalue weighted by atomic mass is 32.2. The number of benzene rings is 5. The summed E-state index contributed by atoms with van der Waals surface area (Å²) in [6.07, 6.45) is 2.46. The van der Waals surface area contributed by atoms with Crippen molar-refractivity contribution in [1.29, 1.82) is 0 Å². The van der Waals surface area contributed by atoms with Gasteiger partial charge in [0.25, 0.3) is 0 Å². The predicted molar refractivity (Wildman–Crippen MR) is 255 cm³/mol. The van der Waals surface area contributed by atoms with E-state index in [4.69, 9.17) is 4.98 Å². The molecule has 0 bridgehead atoms. The van der Waals surface area contributed by atoms with Gasteiger partial charge < -0.3 is 14.0 Å². The fourth-order valence-corrected chi connectivity index (χ4v) is 8.66. The Hall–Kier alpha value is -6.17. The monoisotopic (exact) mass is 880 g/mol. The molecule has 330 valence electrons. The van der Waals surface area contributed by atoms with Crippen LogP contribution in [0.25, 0.3) is 55.3 Å². The average molecular weight is 881 g/mol. The molecule has 1 atom stereocenters. The molecule has 5 aromatic carbocycles. The molecule has 0 amide bonds. The maximum Gasteiger partial charge on any atom is 0.226 e. The molecule has 7 nitrogen and oxygen atoms in total. The fraction of sp³-hybridized carbons (Fsp3) is 0.264. The van der Waals surface area contributed by atoms with Gasteiger partial charge in [-0.15, -0.1) is 0 Å². The van der Waals surface area contributed by atoms with Gasteiger partial charge in [0, 0.05) is 57.8 Å². The summed E-state index contributed by atoms with van der Waals surface area (Å²) in [5.74, 6) is 0.241. The van der Waals surface area contributed by atoms with E-state index in [0.717, 1.165) is 44.4 Å². The van der Waals surface area contributed by atoms with Crippen LogP contribution in [0, 0.1) is 38.2 Å². The van der Waals surface area contributed by atoms with Crippen LogP contribution in [0.4, 0.5) is 19.1 Å². The number of aryl methyl sites for hydroxylation is 1. The first-order chi connectivity index (χ1) is 30.6. The number of rotatable bonds is 9. The number of hydrogen-bond donors (Lipinski definition) is 0. The highest BCUT2D eigenvalue weighted by Crippen LogP contribution is 2.42. The maximum atomic E-state index is 13.5. The van der Waals surface area contributed by atoms with Crippen LogP contribution in [0.1, 0.15) is 86.6 Å². The first-order valence-electron chi connectivity index (χ1n) is 21.5. The second-order valence-electron chi connectivity index (χ2n) is 17.0. The highest BCUT2D eigenvalue weighted by molar-refractivity contribution is 7.79. The van der Waals surface area contributed by atoms with E-state index in [2.05, 4.69) is 77.8 Å². The maximum absolute atomic E-state index is 13.5. The predicted octanol–water partition coefficient (Wildman–Crippen LogP) is 13.6. The van der Waals surface area contributed by atoms with E-state index in [-0.39, 0.29) is 29.2 Å². The molecule has 1 aliphatic carbocycles. The van der Waals surface area contributed by atoms with Gasteiger partial charge in [-0.1, -0.05) is 68.4 Å². The van der Waals surface area contributed by atoms with Crippen molar-refractivity contribution < 1.29 is 21.9 Å². The van der Waals surface area contributed by atoms with E-state index >= 15 is 0 Å². The summed E-state index contributed by atoms with van der Waals surface area (Å²) in [5.41, 5.74) is 13.0. The van der Waals surface area contributed by atoms with Gasteiger partial charge >= 0.3 is 0 Å². The van der Waals surface area contributed by atoms with Crippen molar-refractivity contribution in [2.75, 3.05) is 17.8 Å². The lowest BCUT2D eigenvalue weighted by Gasteiger charge is -2.22. The van der Waals surface area contributed by atoms with Crippen molar-refractivity contribution in [3.8, 4) is 33.5 Å². The van der Waals surface area contributed by atoms with Gasteiger partial charge in [0.15, 0.2) is 0 Å². The zero-order valence-electron chi connectivity index (χ0n) is 37.5. The Labute approximate surface area is 376 Å². The Balaban J connectivity index is 0.000000144. The van der Waals surface area contributed by atoms with Gasteiger partial charge in [-0.3, -0.25) is 9.19 Å². The molecular weight excluding hydrogens is 828 g/mol. The molecule has 0 aliphatic heterocycles. The number of aromatic nitrogens is 4. The summed E-state index contributed by atoms with van der Waals surface area (Å²) in [6, 6.07) is 37.4. The Morgan fingerprint density at radius 2 is 1.33 bits per heavy atom. The summed E-state index contributed by atoms with van der Waals surface area (Å²) in [5, 5.41) is 2.36. The quantitative estimate of drug-likeness (QED) is 0.134. The highest BCUT2D eigenvalue weighted by Gasteiger charge is 2.26. The Morgan fingerprint density at radius 1 is 0.734 bits per heavy atom. The smallest absolute Gasteiger partial charge is 0.226 e. The van der Waals surface area contributed by atoms with Crippen LogP contribution in [0.3, 0.4) is 0 Å². The van der Waals surface area contributed by atoms with Crippen molar-refractivity contribution in [1.82, 2.24) is 19.5 Å². The molecule has 9 rings (SSSR count). The SMILES string of the molecule is Cc1c(-c2ccc(F)cc2)c2ccccc2n1C(C)C.Cc1c(-c2ccc(F)cc2)nc(N(C)CS(=O)[O-])nc1C(C)C.Cc1cc(-c2cc(C3CC3)nc3ccccc23)ccc1F. The third kappa shape index (κ3) is 10.3. The molecular formula is C53H53F3N5O2S-. The lowest BCUT2D eigenvalue weighted by atomic mass is 9.98.